The summed E-state index contributed by atoms with van der Waals surface area (Å²) in [7, 11) is -1.77. The molecule has 0 fully saturated rings. The number of rotatable bonds is 12. The van der Waals surface area contributed by atoms with Crippen LogP contribution in [0.4, 0.5) is 0 Å². The molecule has 0 amide bonds. The van der Waals surface area contributed by atoms with E-state index in [0.717, 1.165) is 12.8 Å². The van der Waals surface area contributed by atoms with Crippen LogP contribution >= 0.6 is 101 Å². The maximum Gasteiger partial charge on any atom is 0.335 e. The summed E-state index contributed by atoms with van der Waals surface area (Å²) >= 11 is 46.3. The highest BCUT2D eigenvalue weighted by atomic mass is 35.6. The molecule has 0 saturated carbocycles. The molecule has 0 rings (SSSR count). The van der Waals surface area contributed by atoms with Crippen molar-refractivity contribution in [2.45, 2.75) is 64.2 Å². The van der Waals surface area contributed by atoms with Gasteiger partial charge in [0.25, 0.3) is 0 Å². The van der Waals surface area contributed by atoms with E-state index in [-0.39, 0.29) is 12.8 Å². The van der Waals surface area contributed by atoms with Gasteiger partial charge in [-0.25, -0.2) is 0 Å². The van der Waals surface area contributed by atoms with Crippen LogP contribution < -0.4 is 0 Å². The normalized spacial score (nSPS) is 16.9. The lowest BCUT2D eigenvalue weighted by atomic mass is 10.3. The molecule has 0 saturated heterocycles. The number of halogens is 8. The number of hydrogen-bond donors (Lipinski definition) is 0. The molecule has 0 bridgehead atoms. The van der Waals surface area contributed by atoms with Crippen LogP contribution in [0.1, 0.15) is 45.4 Å². The first-order valence-electron chi connectivity index (χ1n) is 7.11. The first-order chi connectivity index (χ1) is 10.9. The van der Waals surface area contributed by atoms with E-state index in [9.17, 15) is 0 Å². The van der Waals surface area contributed by atoms with Crippen molar-refractivity contribution in [1.29, 1.82) is 0 Å². The van der Waals surface area contributed by atoms with Crippen LogP contribution in [0.2, 0.25) is 0 Å². The topological polar surface area (TPSA) is 27.7 Å². The smallest absolute Gasteiger partial charge is 0.312 e. The molecule has 12 heteroatoms. The summed E-state index contributed by atoms with van der Waals surface area (Å²) in [5.74, 6) is 0. The molecular weight excluding hydrogens is 507 g/mol. The molecule has 146 valence electrons. The lowest BCUT2D eigenvalue weighted by molar-refractivity contribution is 0.130. The lowest BCUT2D eigenvalue weighted by Crippen LogP contribution is -2.13. The largest absolute Gasteiger partial charge is 0.335 e. The Morgan fingerprint density at radius 2 is 1.25 bits per heavy atom. The minimum atomic E-state index is -1.77. The maximum absolute atomic E-state index is 6.08. The first kappa shape index (κ1) is 26.6. The maximum atomic E-state index is 6.08. The van der Waals surface area contributed by atoms with E-state index in [4.69, 9.17) is 106 Å². The Morgan fingerprint density at radius 1 is 0.833 bits per heavy atom. The van der Waals surface area contributed by atoms with Crippen molar-refractivity contribution in [3.63, 3.8) is 0 Å². The van der Waals surface area contributed by atoms with Crippen molar-refractivity contribution in [1.82, 2.24) is 0 Å². The number of alkyl halides is 8. The molecular formula is C12H19Cl8O3P. The predicted molar refractivity (Wildman–Crippen MR) is 108 cm³/mol. The van der Waals surface area contributed by atoms with E-state index in [1.807, 2.05) is 6.92 Å². The third-order valence-corrected chi connectivity index (χ3v) is 5.65. The summed E-state index contributed by atoms with van der Waals surface area (Å²) in [6.45, 7) is 2.48. The second kappa shape index (κ2) is 13.7. The Hall–Kier alpha value is 2.63. The van der Waals surface area contributed by atoms with Crippen LogP contribution in [0, 0.1) is 0 Å². The first-order valence-corrected chi connectivity index (χ1v) is 11.3. The molecule has 0 aliphatic rings. The van der Waals surface area contributed by atoms with Gasteiger partial charge >= 0.3 is 8.60 Å². The van der Waals surface area contributed by atoms with Gasteiger partial charge in [0, 0.05) is 0 Å². The van der Waals surface area contributed by atoms with Crippen molar-refractivity contribution in [3.05, 3.63) is 0 Å². The highest BCUT2D eigenvalue weighted by molar-refractivity contribution is 7.41. The molecule has 0 aromatic rings. The monoisotopic (exact) mass is 522 g/mol. The highest BCUT2D eigenvalue weighted by Gasteiger charge is 2.27. The van der Waals surface area contributed by atoms with Gasteiger partial charge in [0.15, 0.2) is 7.59 Å². The van der Waals surface area contributed by atoms with Gasteiger partial charge in [0.2, 0.25) is 0 Å². The molecule has 0 N–H and O–H groups in total. The summed E-state index contributed by atoms with van der Waals surface area (Å²) in [5, 5.41) is 0. The molecule has 3 nitrogen and oxygen atoms in total. The van der Waals surface area contributed by atoms with Gasteiger partial charge in [0.05, 0.1) is 6.61 Å². The minimum Gasteiger partial charge on any atom is -0.312 e. The van der Waals surface area contributed by atoms with Gasteiger partial charge < -0.3 is 4.52 Å². The van der Waals surface area contributed by atoms with Crippen LogP contribution in [-0.4, -0.2) is 25.3 Å². The molecule has 0 aromatic carbocycles. The van der Waals surface area contributed by atoms with Crippen LogP contribution in [0.15, 0.2) is 0 Å². The Balaban J connectivity index is 4.39. The van der Waals surface area contributed by atoms with Crippen molar-refractivity contribution in [2.24, 2.45) is 0 Å². The molecule has 0 aliphatic carbocycles. The molecule has 0 aliphatic heterocycles. The average molecular weight is 526 g/mol. The molecule has 2 atom stereocenters. The third-order valence-electron chi connectivity index (χ3n) is 2.41. The highest BCUT2D eigenvalue weighted by Crippen LogP contribution is 2.46. The summed E-state index contributed by atoms with van der Waals surface area (Å²) in [6.07, 6.45) is 2.85. The van der Waals surface area contributed by atoms with E-state index in [1.54, 1.807) is 0 Å². The van der Waals surface area contributed by atoms with Crippen LogP contribution in [0.3, 0.4) is 0 Å². The number of unbranched alkanes of at least 4 members (excludes halogenated alkanes) is 1. The fraction of sp³-hybridized carbons (Fsp3) is 1.00. The second-order valence-corrected chi connectivity index (χ2v) is 11.9. The van der Waals surface area contributed by atoms with Gasteiger partial charge in [-0.2, -0.15) is 0 Å². The van der Waals surface area contributed by atoms with E-state index in [2.05, 4.69) is 0 Å². The summed E-state index contributed by atoms with van der Waals surface area (Å²) in [4.78, 5) is 0. The third kappa shape index (κ3) is 18.0. The Bertz CT molecular complexity index is 300. The zero-order chi connectivity index (χ0) is 18.8. The van der Waals surface area contributed by atoms with Gasteiger partial charge in [0.1, 0.15) is 11.1 Å². The van der Waals surface area contributed by atoms with Crippen LogP contribution in [0.5, 0.6) is 0 Å². The standard InChI is InChI=1S/C12H19Cl8O3P/c1-2-3-8-21-24(22-9(13)4-6-11(15,16)17)23-10(14)5-7-12(18,19)20/h9-10H,2-8H2,1H3. The van der Waals surface area contributed by atoms with E-state index >= 15 is 0 Å². The minimum absolute atomic E-state index is 0.224. The van der Waals surface area contributed by atoms with E-state index < -0.39 is 27.3 Å². The van der Waals surface area contributed by atoms with Gasteiger partial charge in [-0.05, 0) is 32.1 Å². The molecule has 0 heterocycles. The zero-order valence-electron chi connectivity index (χ0n) is 12.8. The Morgan fingerprint density at radius 3 is 1.58 bits per heavy atom. The van der Waals surface area contributed by atoms with Crippen molar-refractivity contribution < 1.29 is 13.6 Å². The quantitative estimate of drug-likeness (QED) is 0.145. The molecule has 0 spiro atoms. The summed E-state index contributed by atoms with van der Waals surface area (Å²) in [5.41, 5.74) is -1.49. The van der Waals surface area contributed by atoms with Crippen molar-refractivity contribution in [3.8, 4) is 0 Å². The molecule has 0 aromatic heterocycles. The zero-order valence-corrected chi connectivity index (χ0v) is 19.7. The van der Waals surface area contributed by atoms with E-state index in [1.165, 1.54) is 0 Å². The fourth-order valence-electron chi connectivity index (χ4n) is 1.22. The van der Waals surface area contributed by atoms with Crippen LogP contribution in [0.25, 0.3) is 0 Å². The van der Waals surface area contributed by atoms with E-state index in [0.29, 0.717) is 19.4 Å². The van der Waals surface area contributed by atoms with Gasteiger partial charge in [-0.3, -0.25) is 9.05 Å². The molecule has 24 heavy (non-hydrogen) atoms. The number of hydrogen-bond acceptors (Lipinski definition) is 3. The SMILES string of the molecule is CCCCOP(OC(Cl)CCC(Cl)(Cl)Cl)OC(Cl)CCC(Cl)(Cl)Cl. The van der Waals surface area contributed by atoms with Crippen LogP contribution in [-0.2, 0) is 13.6 Å². The second-order valence-electron chi connectivity index (χ2n) is 4.75. The fourth-order valence-corrected chi connectivity index (χ4v) is 3.51. The van der Waals surface area contributed by atoms with Crippen molar-refractivity contribution >= 4 is 101 Å². The van der Waals surface area contributed by atoms with Gasteiger partial charge in [-0.1, -0.05) is 106 Å². The lowest BCUT2D eigenvalue weighted by Gasteiger charge is -2.23. The predicted octanol–water partition coefficient (Wildman–Crippen LogP) is 8.49. The summed E-state index contributed by atoms with van der Waals surface area (Å²) in [6, 6.07) is 0. The molecule has 0 radical (unpaired) electrons. The Labute approximate surface area is 184 Å². The van der Waals surface area contributed by atoms with Crippen molar-refractivity contribution in [2.75, 3.05) is 6.61 Å². The average Bonchev–Trinajstić information content (AvgIpc) is 2.41. The summed E-state index contributed by atoms with van der Waals surface area (Å²) < 4.78 is 13.8. The Kier molecular flexibility index (Phi) is 15.3. The molecule has 2 unspecified atom stereocenters. The van der Waals surface area contributed by atoms with Gasteiger partial charge in [-0.15, -0.1) is 0 Å².